The quantitative estimate of drug-likeness (QED) is 0.806. The van der Waals surface area contributed by atoms with Gasteiger partial charge in [0, 0.05) is 26.2 Å². The molecule has 0 aromatic carbocycles. The second kappa shape index (κ2) is 8.70. The maximum Gasteiger partial charge on any atom is 0.252 e. The molecule has 2 heterocycles. The van der Waals surface area contributed by atoms with Gasteiger partial charge in [0.2, 0.25) is 5.91 Å². The molecule has 0 aromatic rings. The van der Waals surface area contributed by atoms with Gasteiger partial charge >= 0.3 is 0 Å². The van der Waals surface area contributed by atoms with E-state index in [1.54, 1.807) is 9.80 Å². The summed E-state index contributed by atoms with van der Waals surface area (Å²) in [5.74, 6) is 0.0353. The summed E-state index contributed by atoms with van der Waals surface area (Å²) in [6.07, 6.45) is 2.76. The monoisotopic (exact) mass is 333 g/mol. The molecule has 0 bridgehead atoms. The number of nitrogens with zero attached hydrogens (tertiary/aromatic N) is 2. The van der Waals surface area contributed by atoms with Crippen LogP contribution in [0.5, 0.6) is 0 Å². The van der Waals surface area contributed by atoms with Crippen LogP contribution in [-0.2, 0) is 14.3 Å². The Kier molecular flexibility index (Phi) is 7.59. The van der Waals surface area contributed by atoms with Gasteiger partial charge in [-0.05, 0) is 39.5 Å². The van der Waals surface area contributed by atoms with Crippen molar-refractivity contribution < 1.29 is 14.3 Å². The number of hydrogen-bond acceptors (Lipinski definition) is 4. The number of likely N-dealkylation sites (N-methyl/N-ethyl adjacent to an activating group) is 1. The average molecular weight is 334 g/mol. The van der Waals surface area contributed by atoms with Crippen LogP contribution in [0.3, 0.4) is 0 Å². The Hall–Kier alpha value is -0.850. The Labute approximate surface area is 138 Å². The van der Waals surface area contributed by atoms with Crippen LogP contribution in [0.4, 0.5) is 0 Å². The first-order valence-electron chi connectivity index (χ1n) is 8.07. The van der Waals surface area contributed by atoms with E-state index >= 15 is 0 Å². The molecule has 0 spiro atoms. The van der Waals surface area contributed by atoms with E-state index in [1.807, 2.05) is 13.8 Å². The van der Waals surface area contributed by atoms with E-state index in [4.69, 9.17) is 10.5 Å². The van der Waals surface area contributed by atoms with Crippen LogP contribution in [0, 0.1) is 0 Å². The second-order valence-electron chi connectivity index (χ2n) is 5.76. The third kappa shape index (κ3) is 3.91. The van der Waals surface area contributed by atoms with E-state index in [0.29, 0.717) is 32.6 Å². The van der Waals surface area contributed by atoms with E-state index in [0.717, 1.165) is 19.3 Å². The van der Waals surface area contributed by atoms with E-state index in [-0.39, 0.29) is 36.4 Å². The predicted octanol–water partition coefficient (Wildman–Crippen LogP) is 0.774. The zero-order valence-electron chi connectivity index (χ0n) is 13.5. The molecular formula is C15H28ClN3O3. The molecule has 2 saturated heterocycles. The van der Waals surface area contributed by atoms with Gasteiger partial charge in [0.15, 0.2) is 0 Å². The molecule has 2 rings (SSSR count). The Morgan fingerprint density at radius 1 is 1.23 bits per heavy atom. The fourth-order valence-corrected chi connectivity index (χ4v) is 3.28. The second-order valence-corrected chi connectivity index (χ2v) is 5.76. The summed E-state index contributed by atoms with van der Waals surface area (Å²) in [6, 6.07) is -0.307. The van der Waals surface area contributed by atoms with Crippen LogP contribution >= 0.6 is 12.4 Å². The van der Waals surface area contributed by atoms with Crippen molar-refractivity contribution in [1.29, 1.82) is 0 Å². The van der Waals surface area contributed by atoms with Gasteiger partial charge in [-0.15, -0.1) is 12.4 Å². The van der Waals surface area contributed by atoms with Gasteiger partial charge in [-0.25, -0.2) is 0 Å². The maximum absolute atomic E-state index is 12.6. The van der Waals surface area contributed by atoms with Gasteiger partial charge < -0.3 is 20.3 Å². The van der Waals surface area contributed by atoms with Crippen molar-refractivity contribution in [2.75, 3.05) is 26.2 Å². The fourth-order valence-electron chi connectivity index (χ4n) is 3.28. The van der Waals surface area contributed by atoms with Crippen LogP contribution in [-0.4, -0.2) is 66.0 Å². The van der Waals surface area contributed by atoms with Gasteiger partial charge in [0.05, 0.1) is 6.10 Å². The first kappa shape index (κ1) is 19.2. The number of carbonyl (C=O) groups excluding carboxylic acids is 2. The summed E-state index contributed by atoms with van der Waals surface area (Å²) in [4.78, 5) is 28.7. The van der Waals surface area contributed by atoms with Crippen LogP contribution in [0.2, 0.25) is 0 Å². The Morgan fingerprint density at radius 2 is 1.91 bits per heavy atom. The van der Waals surface area contributed by atoms with E-state index in [2.05, 4.69) is 0 Å². The predicted molar refractivity (Wildman–Crippen MR) is 86.9 cm³/mol. The highest BCUT2D eigenvalue weighted by Gasteiger charge is 2.40. The first-order valence-corrected chi connectivity index (χ1v) is 8.07. The molecule has 22 heavy (non-hydrogen) atoms. The standard InChI is InChI=1S/C15H27N3O3.ClH/c1-3-17(4-2)14(19)12-6-5-9-18(12)15(20)13-8-7-11(10-16)21-13;/h11-13H,3-10,16H2,1-2H3;1H/t11-,12?,13+;/m1./s1. The number of carbonyl (C=O) groups is 2. The summed E-state index contributed by atoms with van der Waals surface area (Å²) in [5.41, 5.74) is 5.59. The van der Waals surface area contributed by atoms with Gasteiger partial charge in [-0.3, -0.25) is 9.59 Å². The molecule has 0 aliphatic carbocycles. The minimum atomic E-state index is -0.413. The third-order valence-electron chi connectivity index (χ3n) is 4.54. The van der Waals surface area contributed by atoms with Crippen molar-refractivity contribution in [1.82, 2.24) is 9.80 Å². The summed E-state index contributed by atoms with van der Waals surface area (Å²) in [5, 5.41) is 0. The molecule has 2 aliphatic rings. The van der Waals surface area contributed by atoms with Gasteiger partial charge in [-0.1, -0.05) is 0 Å². The number of nitrogens with two attached hydrogens (primary N) is 1. The highest BCUT2D eigenvalue weighted by atomic mass is 35.5. The number of likely N-dealkylation sites (tertiary alicyclic amines) is 1. The SMILES string of the molecule is CCN(CC)C(=O)C1CCCN1C(=O)[C@@H]1CC[C@H](CN)O1.Cl. The Morgan fingerprint density at radius 3 is 2.45 bits per heavy atom. The van der Waals surface area contributed by atoms with Crippen LogP contribution in [0.1, 0.15) is 39.5 Å². The van der Waals surface area contributed by atoms with E-state index in [9.17, 15) is 9.59 Å². The van der Waals surface area contributed by atoms with Gasteiger partial charge in [0.25, 0.3) is 5.91 Å². The summed E-state index contributed by atoms with van der Waals surface area (Å²) in [7, 11) is 0. The zero-order valence-corrected chi connectivity index (χ0v) is 14.3. The smallest absolute Gasteiger partial charge is 0.252 e. The summed E-state index contributed by atoms with van der Waals surface area (Å²) >= 11 is 0. The lowest BCUT2D eigenvalue weighted by Crippen LogP contribution is -2.50. The topological polar surface area (TPSA) is 75.9 Å². The number of rotatable bonds is 5. The minimum absolute atomic E-state index is 0. The Balaban J connectivity index is 0.00000242. The molecule has 0 saturated carbocycles. The number of hydrogen-bond donors (Lipinski definition) is 1. The van der Waals surface area contributed by atoms with Crippen molar-refractivity contribution in [3.63, 3.8) is 0 Å². The number of ether oxygens (including phenoxy) is 1. The molecule has 128 valence electrons. The third-order valence-corrected chi connectivity index (χ3v) is 4.54. The van der Waals surface area contributed by atoms with E-state index in [1.165, 1.54) is 0 Å². The van der Waals surface area contributed by atoms with Crippen LogP contribution in [0.25, 0.3) is 0 Å². The molecule has 0 aromatic heterocycles. The lowest BCUT2D eigenvalue weighted by Gasteiger charge is -2.30. The molecule has 1 unspecified atom stereocenters. The first-order chi connectivity index (χ1) is 10.1. The normalized spacial score (nSPS) is 27.6. The molecule has 2 fully saturated rings. The molecule has 6 nitrogen and oxygen atoms in total. The van der Waals surface area contributed by atoms with Crippen molar-refractivity contribution in [2.45, 2.75) is 57.8 Å². The van der Waals surface area contributed by atoms with Crippen LogP contribution < -0.4 is 5.73 Å². The number of halogens is 1. The van der Waals surface area contributed by atoms with Gasteiger partial charge in [-0.2, -0.15) is 0 Å². The summed E-state index contributed by atoms with van der Waals surface area (Å²) < 4.78 is 5.68. The molecule has 3 atom stereocenters. The maximum atomic E-state index is 12.6. The molecule has 2 N–H and O–H groups in total. The van der Waals surface area contributed by atoms with E-state index < -0.39 is 6.10 Å². The zero-order chi connectivity index (χ0) is 15.4. The average Bonchev–Trinajstić information content (AvgIpc) is 3.16. The largest absolute Gasteiger partial charge is 0.364 e. The fraction of sp³-hybridized carbons (Fsp3) is 0.867. The summed E-state index contributed by atoms with van der Waals surface area (Å²) in [6.45, 7) is 6.41. The highest BCUT2D eigenvalue weighted by Crippen LogP contribution is 2.26. The molecule has 2 amide bonds. The lowest BCUT2D eigenvalue weighted by atomic mass is 10.1. The van der Waals surface area contributed by atoms with Crippen molar-refractivity contribution in [3.8, 4) is 0 Å². The van der Waals surface area contributed by atoms with Crippen molar-refractivity contribution in [3.05, 3.63) is 0 Å². The molecule has 2 aliphatic heterocycles. The van der Waals surface area contributed by atoms with Crippen molar-refractivity contribution in [2.24, 2.45) is 5.73 Å². The lowest BCUT2D eigenvalue weighted by molar-refractivity contribution is -0.150. The Bertz CT molecular complexity index is 390. The minimum Gasteiger partial charge on any atom is -0.364 e. The molecule has 7 heteroatoms. The van der Waals surface area contributed by atoms with Crippen LogP contribution in [0.15, 0.2) is 0 Å². The molecular weight excluding hydrogens is 306 g/mol. The van der Waals surface area contributed by atoms with Crippen molar-refractivity contribution >= 4 is 24.2 Å². The van der Waals surface area contributed by atoms with Gasteiger partial charge in [0.1, 0.15) is 12.1 Å². The number of amides is 2. The molecule has 0 radical (unpaired) electrons. The highest BCUT2D eigenvalue weighted by molar-refractivity contribution is 5.90.